The molecule has 0 saturated heterocycles. The Kier molecular flexibility index (Phi) is 5.34. The SMILES string of the molecule is C=C(/C=C\C=N\O)C(=O)OCC. The number of hydrogen-bond acceptors (Lipinski definition) is 4. The fourth-order valence-electron chi connectivity index (χ4n) is 0.490. The topological polar surface area (TPSA) is 58.9 Å². The van der Waals surface area contributed by atoms with Crippen molar-refractivity contribution in [1.82, 2.24) is 0 Å². The molecule has 0 unspecified atom stereocenters. The monoisotopic (exact) mass is 169 g/mol. The Balaban J connectivity index is 3.95. The van der Waals surface area contributed by atoms with Crippen molar-refractivity contribution in [3.63, 3.8) is 0 Å². The number of rotatable bonds is 4. The largest absolute Gasteiger partial charge is 0.462 e. The standard InChI is InChI=1S/C8H11NO3/c1-3-12-8(10)7(2)5-4-6-9-11/h4-6,11H,2-3H2,1H3/b5-4-,9-6+. The number of hydrogen-bond donors (Lipinski definition) is 1. The van der Waals surface area contributed by atoms with Crippen LogP contribution in [0.5, 0.6) is 0 Å². The Morgan fingerprint density at radius 3 is 2.92 bits per heavy atom. The highest BCUT2D eigenvalue weighted by Crippen LogP contribution is 1.95. The van der Waals surface area contributed by atoms with Crippen molar-refractivity contribution in [2.75, 3.05) is 6.61 Å². The molecule has 1 N–H and O–H groups in total. The van der Waals surface area contributed by atoms with Crippen molar-refractivity contribution in [3.05, 3.63) is 24.3 Å². The van der Waals surface area contributed by atoms with Gasteiger partial charge in [0.25, 0.3) is 0 Å². The summed E-state index contributed by atoms with van der Waals surface area (Å²) in [7, 11) is 0. The van der Waals surface area contributed by atoms with E-state index in [-0.39, 0.29) is 5.57 Å². The summed E-state index contributed by atoms with van der Waals surface area (Å²) in [4.78, 5) is 10.9. The number of allylic oxidation sites excluding steroid dienone is 1. The molecule has 12 heavy (non-hydrogen) atoms. The van der Waals surface area contributed by atoms with Crippen LogP contribution in [0.4, 0.5) is 0 Å². The normalized spacial score (nSPS) is 10.8. The lowest BCUT2D eigenvalue weighted by atomic mass is 10.3. The summed E-state index contributed by atoms with van der Waals surface area (Å²) in [6, 6.07) is 0. The maximum atomic E-state index is 10.9. The average Bonchev–Trinajstić information content (AvgIpc) is 2.05. The van der Waals surface area contributed by atoms with Crippen LogP contribution in [0.25, 0.3) is 0 Å². The molecule has 0 fully saturated rings. The summed E-state index contributed by atoms with van der Waals surface area (Å²) in [5, 5.41) is 10.7. The number of ether oxygens (including phenoxy) is 1. The van der Waals surface area contributed by atoms with Crippen molar-refractivity contribution in [2.45, 2.75) is 6.92 Å². The van der Waals surface area contributed by atoms with E-state index in [1.54, 1.807) is 6.92 Å². The lowest BCUT2D eigenvalue weighted by molar-refractivity contribution is -0.138. The van der Waals surface area contributed by atoms with Gasteiger partial charge in [0.1, 0.15) is 0 Å². The van der Waals surface area contributed by atoms with Crippen LogP contribution in [-0.4, -0.2) is 24.0 Å². The van der Waals surface area contributed by atoms with Gasteiger partial charge in [0, 0.05) is 0 Å². The number of carbonyl (C=O) groups is 1. The molecule has 0 rings (SSSR count). The van der Waals surface area contributed by atoms with E-state index >= 15 is 0 Å². The van der Waals surface area contributed by atoms with Crippen LogP contribution in [-0.2, 0) is 9.53 Å². The van der Waals surface area contributed by atoms with Crippen molar-refractivity contribution >= 4 is 12.2 Å². The minimum absolute atomic E-state index is 0.219. The molecule has 0 spiro atoms. The summed E-state index contributed by atoms with van der Waals surface area (Å²) in [5.41, 5.74) is 0.219. The van der Waals surface area contributed by atoms with Crippen molar-refractivity contribution < 1.29 is 14.7 Å². The van der Waals surface area contributed by atoms with Crippen LogP contribution in [0, 0.1) is 0 Å². The summed E-state index contributed by atoms with van der Waals surface area (Å²) >= 11 is 0. The first-order valence-electron chi connectivity index (χ1n) is 3.42. The molecule has 4 nitrogen and oxygen atoms in total. The zero-order valence-corrected chi connectivity index (χ0v) is 6.86. The highest BCUT2D eigenvalue weighted by molar-refractivity contribution is 5.92. The molecular formula is C8H11NO3. The summed E-state index contributed by atoms with van der Waals surface area (Å²) in [5.74, 6) is -0.472. The summed E-state index contributed by atoms with van der Waals surface area (Å²) in [6.45, 7) is 5.47. The maximum absolute atomic E-state index is 10.9. The average molecular weight is 169 g/mol. The highest BCUT2D eigenvalue weighted by atomic mass is 16.5. The molecule has 0 aromatic heterocycles. The number of carbonyl (C=O) groups excluding carboxylic acids is 1. The fourth-order valence-corrected chi connectivity index (χ4v) is 0.490. The molecule has 0 heterocycles. The predicted octanol–water partition coefficient (Wildman–Crippen LogP) is 1.12. The molecule has 0 radical (unpaired) electrons. The summed E-state index contributed by atoms with van der Waals surface area (Å²) in [6.07, 6.45) is 3.92. The number of nitrogens with zero attached hydrogens (tertiary/aromatic N) is 1. The molecule has 0 atom stereocenters. The van der Waals surface area contributed by atoms with Gasteiger partial charge in [-0.05, 0) is 19.1 Å². The lowest BCUT2D eigenvalue weighted by Gasteiger charge is -1.98. The van der Waals surface area contributed by atoms with Crippen molar-refractivity contribution in [1.29, 1.82) is 0 Å². The molecule has 0 aromatic rings. The van der Waals surface area contributed by atoms with Gasteiger partial charge in [0.2, 0.25) is 0 Å². The molecule has 0 bridgehead atoms. The number of oxime groups is 1. The lowest BCUT2D eigenvalue weighted by Crippen LogP contribution is -2.04. The Morgan fingerprint density at radius 2 is 2.42 bits per heavy atom. The van der Waals surface area contributed by atoms with Crippen LogP contribution in [0.15, 0.2) is 29.5 Å². The van der Waals surface area contributed by atoms with Gasteiger partial charge < -0.3 is 9.94 Å². The zero-order chi connectivity index (χ0) is 9.40. The third-order valence-electron chi connectivity index (χ3n) is 0.988. The minimum Gasteiger partial charge on any atom is -0.462 e. The second-order valence-corrected chi connectivity index (χ2v) is 1.87. The Morgan fingerprint density at radius 1 is 1.75 bits per heavy atom. The summed E-state index contributed by atoms with van der Waals surface area (Å²) < 4.78 is 4.64. The first-order chi connectivity index (χ1) is 5.72. The van der Waals surface area contributed by atoms with Crippen molar-refractivity contribution in [2.24, 2.45) is 5.16 Å². The molecule has 66 valence electrons. The van der Waals surface area contributed by atoms with Crippen LogP contribution < -0.4 is 0 Å². The molecule has 0 aromatic carbocycles. The molecule has 0 aliphatic rings. The first-order valence-corrected chi connectivity index (χ1v) is 3.42. The predicted molar refractivity (Wildman–Crippen MR) is 45.2 cm³/mol. The van der Waals surface area contributed by atoms with Gasteiger partial charge in [0.05, 0.1) is 18.4 Å². The molecular weight excluding hydrogens is 158 g/mol. The van der Waals surface area contributed by atoms with Gasteiger partial charge >= 0.3 is 5.97 Å². The van der Waals surface area contributed by atoms with Gasteiger partial charge in [-0.25, -0.2) is 4.79 Å². The van der Waals surface area contributed by atoms with E-state index in [1.165, 1.54) is 12.2 Å². The van der Waals surface area contributed by atoms with Gasteiger partial charge in [-0.3, -0.25) is 0 Å². The second-order valence-electron chi connectivity index (χ2n) is 1.87. The van der Waals surface area contributed by atoms with Crippen LogP contribution in [0.3, 0.4) is 0 Å². The van der Waals surface area contributed by atoms with Gasteiger partial charge in [0.15, 0.2) is 0 Å². The highest BCUT2D eigenvalue weighted by Gasteiger charge is 2.01. The van der Waals surface area contributed by atoms with E-state index in [4.69, 9.17) is 5.21 Å². The van der Waals surface area contributed by atoms with E-state index < -0.39 is 5.97 Å². The maximum Gasteiger partial charge on any atom is 0.337 e. The molecule has 0 saturated carbocycles. The molecule has 0 amide bonds. The first kappa shape index (κ1) is 10.4. The van der Waals surface area contributed by atoms with E-state index in [2.05, 4.69) is 16.5 Å². The number of esters is 1. The Bertz CT molecular complexity index is 218. The third-order valence-corrected chi connectivity index (χ3v) is 0.988. The molecule has 0 aliphatic carbocycles. The van der Waals surface area contributed by atoms with E-state index in [0.717, 1.165) is 6.21 Å². The van der Waals surface area contributed by atoms with E-state index in [9.17, 15) is 4.79 Å². The zero-order valence-electron chi connectivity index (χ0n) is 6.86. The smallest absolute Gasteiger partial charge is 0.337 e. The van der Waals surface area contributed by atoms with E-state index in [0.29, 0.717) is 6.61 Å². The molecule has 4 heteroatoms. The quantitative estimate of drug-likeness (QED) is 0.171. The van der Waals surface area contributed by atoms with Gasteiger partial charge in [-0.2, -0.15) is 0 Å². The Hall–Kier alpha value is -1.58. The van der Waals surface area contributed by atoms with Gasteiger partial charge in [-0.15, -0.1) is 0 Å². The third kappa shape index (κ3) is 4.27. The molecule has 0 aliphatic heterocycles. The second kappa shape index (κ2) is 6.15. The fraction of sp³-hybridized carbons (Fsp3) is 0.250. The van der Waals surface area contributed by atoms with E-state index in [1.807, 2.05) is 0 Å². The van der Waals surface area contributed by atoms with Gasteiger partial charge in [-0.1, -0.05) is 11.7 Å². The van der Waals surface area contributed by atoms with Crippen LogP contribution in [0.1, 0.15) is 6.92 Å². The minimum atomic E-state index is -0.472. The Labute approximate surface area is 70.8 Å². The van der Waals surface area contributed by atoms with Crippen molar-refractivity contribution in [3.8, 4) is 0 Å². The van der Waals surface area contributed by atoms with Crippen LogP contribution in [0.2, 0.25) is 0 Å². The van der Waals surface area contributed by atoms with Crippen LogP contribution >= 0.6 is 0 Å².